The molecule has 0 aromatic heterocycles. The minimum absolute atomic E-state index is 0.129. The highest BCUT2D eigenvalue weighted by molar-refractivity contribution is 5.18. The zero-order chi connectivity index (χ0) is 15.2. The van der Waals surface area contributed by atoms with E-state index in [9.17, 15) is 9.50 Å². The molecule has 2 atom stereocenters. The van der Waals surface area contributed by atoms with Crippen LogP contribution in [0.25, 0.3) is 0 Å². The van der Waals surface area contributed by atoms with Crippen molar-refractivity contribution < 1.29 is 9.50 Å². The number of halogens is 1. The van der Waals surface area contributed by atoms with E-state index in [1.807, 2.05) is 26.0 Å². The lowest BCUT2D eigenvalue weighted by atomic mass is 9.99. The Kier molecular flexibility index (Phi) is 6.63. The SMILES string of the molecule is C[C@H](Cc1ccccc1F)N[C@@H](C)CCCC(C)(C)O. The van der Waals surface area contributed by atoms with Crippen LogP contribution in [0.15, 0.2) is 24.3 Å². The van der Waals surface area contributed by atoms with Crippen molar-refractivity contribution in [1.82, 2.24) is 5.32 Å². The molecule has 3 heteroatoms. The molecule has 0 unspecified atom stereocenters. The molecule has 0 heterocycles. The van der Waals surface area contributed by atoms with Gasteiger partial charge in [0.1, 0.15) is 5.82 Å². The molecule has 0 aliphatic rings. The lowest BCUT2D eigenvalue weighted by Gasteiger charge is -2.22. The minimum atomic E-state index is -0.585. The third-order valence-corrected chi connectivity index (χ3v) is 3.48. The third kappa shape index (κ3) is 7.01. The number of benzene rings is 1. The molecule has 0 saturated carbocycles. The van der Waals surface area contributed by atoms with Crippen molar-refractivity contribution in [3.63, 3.8) is 0 Å². The van der Waals surface area contributed by atoms with Crippen molar-refractivity contribution in [1.29, 1.82) is 0 Å². The van der Waals surface area contributed by atoms with Crippen LogP contribution in [0, 0.1) is 5.82 Å². The standard InChI is InChI=1S/C17H28FNO/c1-13(8-7-11-17(3,4)20)19-14(2)12-15-9-5-6-10-16(15)18/h5-6,9-10,13-14,19-20H,7-8,11-12H2,1-4H3/t13-,14+/m0/s1. The van der Waals surface area contributed by atoms with Gasteiger partial charge in [0.25, 0.3) is 0 Å². The predicted octanol–water partition coefficient (Wildman–Crippen LogP) is 3.68. The van der Waals surface area contributed by atoms with Crippen molar-refractivity contribution in [2.24, 2.45) is 0 Å². The molecule has 0 fully saturated rings. The quantitative estimate of drug-likeness (QED) is 0.762. The Labute approximate surface area is 122 Å². The van der Waals surface area contributed by atoms with Crippen molar-refractivity contribution in [2.75, 3.05) is 0 Å². The monoisotopic (exact) mass is 281 g/mol. The third-order valence-electron chi connectivity index (χ3n) is 3.48. The van der Waals surface area contributed by atoms with Crippen LogP contribution in [-0.2, 0) is 6.42 Å². The van der Waals surface area contributed by atoms with Gasteiger partial charge in [0.2, 0.25) is 0 Å². The van der Waals surface area contributed by atoms with Gasteiger partial charge in [-0.25, -0.2) is 4.39 Å². The van der Waals surface area contributed by atoms with Crippen LogP contribution in [-0.4, -0.2) is 22.8 Å². The van der Waals surface area contributed by atoms with Gasteiger partial charge in [-0.1, -0.05) is 18.2 Å². The van der Waals surface area contributed by atoms with Crippen LogP contribution in [0.3, 0.4) is 0 Å². The van der Waals surface area contributed by atoms with E-state index in [-0.39, 0.29) is 11.9 Å². The predicted molar refractivity (Wildman–Crippen MR) is 82.3 cm³/mol. The van der Waals surface area contributed by atoms with Gasteiger partial charge >= 0.3 is 0 Å². The number of aliphatic hydroxyl groups is 1. The second kappa shape index (κ2) is 7.75. The van der Waals surface area contributed by atoms with Gasteiger partial charge in [-0.3, -0.25) is 0 Å². The molecule has 1 rings (SSSR count). The molecule has 0 spiro atoms. The molecular formula is C17H28FNO. The number of nitrogens with one attached hydrogen (secondary N) is 1. The Bertz CT molecular complexity index is 400. The van der Waals surface area contributed by atoms with Gasteiger partial charge in [-0.15, -0.1) is 0 Å². The van der Waals surface area contributed by atoms with Gasteiger partial charge in [0.05, 0.1) is 5.60 Å². The fraction of sp³-hybridized carbons (Fsp3) is 0.647. The van der Waals surface area contributed by atoms with Crippen LogP contribution in [0.1, 0.15) is 52.5 Å². The van der Waals surface area contributed by atoms with Gasteiger partial charge in [-0.05, 0) is 65.0 Å². The summed E-state index contributed by atoms with van der Waals surface area (Å²) < 4.78 is 13.6. The summed E-state index contributed by atoms with van der Waals surface area (Å²) >= 11 is 0. The molecule has 114 valence electrons. The highest BCUT2D eigenvalue weighted by Gasteiger charge is 2.14. The van der Waals surface area contributed by atoms with E-state index in [4.69, 9.17) is 0 Å². The van der Waals surface area contributed by atoms with Gasteiger partial charge < -0.3 is 10.4 Å². The van der Waals surface area contributed by atoms with Crippen molar-refractivity contribution in [3.8, 4) is 0 Å². The first-order valence-electron chi connectivity index (χ1n) is 7.50. The van der Waals surface area contributed by atoms with Crippen LogP contribution in [0.4, 0.5) is 4.39 Å². The van der Waals surface area contributed by atoms with Gasteiger partial charge in [0, 0.05) is 12.1 Å². The highest BCUT2D eigenvalue weighted by atomic mass is 19.1. The minimum Gasteiger partial charge on any atom is -0.390 e. The lowest BCUT2D eigenvalue weighted by Crippen LogP contribution is -2.36. The van der Waals surface area contributed by atoms with Crippen LogP contribution >= 0.6 is 0 Å². The Morgan fingerprint density at radius 2 is 1.85 bits per heavy atom. The summed E-state index contributed by atoms with van der Waals surface area (Å²) in [5.41, 5.74) is 0.176. The van der Waals surface area contributed by atoms with Crippen molar-refractivity contribution in [3.05, 3.63) is 35.6 Å². The molecule has 0 amide bonds. The second-order valence-electron chi connectivity index (χ2n) is 6.47. The molecule has 0 bridgehead atoms. The largest absolute Gasteiger partial charge is 0.390 e. The summed E-state index contributed by atoms with van der Waals surface area (Å²) in [6.07, 6.45) is 3.51. The molecule has 2 nitrogen and oxygen atoms in total. The molecule has 0 aliphatic carbocycles. The normalized spacial score (nSPS) is 15.1. The van der Waals surface area contributed by atoms with E-state index in [0.717, 1.165) is 24.8 Å². The maximum Gasteiger partial charge on any atom is 0.126 e. The summed E-state index contributed by atoms with van der Waals surface area (Å²) in [6.45, 7) is 7.90. The Hall–Kier alpha value is -0.930. The van der Waals surface area contributed by atoms with Gasteiger partial charge in [0.15, 0.2) is 0 Å². The first-order valence-corrected chi connectivity index (χ1v) is 7.50. The molecule has 0 saturated heterocycles. The van der Waals surface area contributed by atoms with E-state index >= 15 is 0 Å². The zero-order valence-corrected chi connectivity index (χ0v) is 13.1. The molecule has 1 aromatic rings. The summed E-state index contributed by atoms with van der Waals surface area (Å²) in [6, 6.07) is 7.55. The Morgan fingerprint density at radius 3 is 2.45 bits per heavy atom. The smallest absolute Gasteiger partial charge is 0.126 e. The van der Waals surface area contributed by atoms with E-state index in [0.29, 0.717) is 12.5 Å². The van der Waals surface area contributed by atoms with E-state index < -0.39 is 5.60 Å². The lowest BCUT2D eigenvalue weighted by molar-refractivity contribution is 0.0674. The zero-order valence-electron chi connectivity index (χ0n) is 13.1. The molecular weight excluding hydrogens is 253 g/mol. The molecule has 0 radical (unpaired) electrons. The average Bonchev–Trinajstić information content (AvgIpc) is 2.30. The summed E-state index contributed by atoms with van der Waals surface area (Å²) in [7, 11) is 0. The Balaban J connectivity index is 2.31. The van der Waals surface area contributed by atoms with E-state index in [2.05, 4.69) is 19.2 Å². The van der Waals surface area contributed by atoms with Crippen LogP contribution < -0.4 is 5.32 Å². The van der Waals surface area contributed by atoms with Crippen LogP contribution in [0.2, 0.25) is 0 Å². The number of hydrogen-bond donors (Lipinski definition) is 2. The topological polar surface area (TPSA) is 32.3 Å². The molecule has 2 N–H and O–H groups in total. The summed E-state index contributed by atoms with van der Waals surface area (Å²) in [5, 5.41) is 13.2. The summed E-state index contributed by atoms with van der Waals surface area (Å²) in [5.74, 6) is -0.129. The number of hydrogen-bond acceptors (Lipinski definition) is 2. The summed E-state index contributed by atoms with van der Waals surface area (Å²) in [4.78, 5) is 0. The average molecular weight is 281 g/mol. The maximum absolute atomic E-state index is 13.6. The van der Waals surface area contributed by atoms with E-state index in [1.165, 1.54) is 6.07 Å². The van der Waals surface area contributed by atoms with Crippen molar-refractivity contribution in [2.45, 2.75) is 71.1 Å². The highest BCUT2D eigenvalue weighted by Crippen LogP contribution is 2.14. The van der Waals surface area contributed by atoms with Crippen LogP contribution in [0.5, 0.6) is 0 Å². The second-order valence-corrected chi connectivity index (χ2v) is 6.47. The number of rotatable bonds is 8. The van der Waals surface area contributed by atoms with Gasteiger partial charge in [-0.2, -0.15) is 0 Å². The first-order chi connectivity index (χ1) is 9.28. The Morgan fingerprint density at radius 1 is 1.20 bits per heavy atom. The van der Waals surface area contributed by atoms with Crippen molar-refractivity contribution >= 4 is 0 Å². The molecule has 20 heavy (non-hydrogen) atoms. The maximum atomic E-state index is 13.6. The fourth-order valence-electron chi connectivity index (χ4n) is 2.46. The fourth-order valence-corrected chi connectivity index (χ4v) is 2.46. The van der Waals surface area contributed by atoms with E-state index in [1.54, 1.807) is 6.07 Å². The molecule has 1 aromatic carbocycles. The first kappa shape index (κ1) is 17.1. The molecule has 0 aliphatic heterocycles.